The summed E-state index contributed by atoms with van der Waals surface area (Å²) in [6.07, 6.45) is 0.736. The van der Waals surface area contributed by atoms with E-state index in [9.17, 15) is 14.9 Å². The van der Waals surface area contributed by atoms with Gasteiger partial charge in [-0.25, -0.2) is 0 Å². The van der Waals surface area contributed by atoms with Crippen LogP contribution < -0.4 is 4.74 Å². The number of ketones is 1. The normalized spacial score (nSPS) is 9.74. The van der Waals surface area contributed by atoms with Crippen LogP contribution in [0.4, 0.5) is 5.69 Å². The molecular formula is C12H13NO5S. The van der Waals surface area contributed by atoms with E-state index in [1.54, 1.807) is 6.92 Å². The highest BCUT2D eigenvalue weighted by Crippen LogP contribution is 2.17. The van der Waals surface area contributed by atoms with E-state index in [1.165, 1.54) is 24.3 Å². The summed E-state index contributed by atoms with van der Waals surface area (Å²) in [6.45, 7) is 1.94. The van der Waals surface area contributed by atoms with Crippen molar-refractivity contribution in [2.45, 2.75) is 19.8 Å². The van der Waals surface area contributed by atoms with E-state index in [4.69, 9.17) is 21.7 Å². The monoisotopic (exact) mass is 283 g/mol. The van der Waals surface area contributed by atoms with Crippen LogP contribution in [-0.2, 0) is 9.53 Å². The Bertz CT molecular complexity index is 472. The van der Waals surface area contributed by atoms with Crippen LogP contribution in [0.3, 0.4) is 0 Å². The second-order valence-electron chi connectivity index (χ2n) is 3.59. The maximum absolute atomic E-state index is 11.0. The Balaban J connectivity index is 2.40. The minimum absolute atomic E-state index is 0.0345. The van der Waals surface area contributed by atoms with Gasteiger partial charge in [0.2, 0.25) is 0 Å². The number of Topliss-reactive ketones (excluding diaryl/α,β-unsaturated/α-hetero) is 1. The molecule has 0 aliphatic heterocycles. The van der Waals surface area contributed by atoms with Gasteiger partial charge in [0, 0.05) is 37.2 Å². The molecule has 6 nitrogen and oxygen atoms in total. The lowest BCUT2D eigenvalue weighted by atomic mass is 10.2. The van der Waals surface area contributed by atoms with Crippen molar-refractivity contribution in [2.75, 3.05) is 6.61 Å². The van der Waals surface area contributed by atoms with Gasteiger partial charge in [0.05, 0.1) is 11.5 Å². The van der Waals surface area contributed by atoms with Crippen LogP contribution in [0.25, 0.3) is 0 Å². The molecule has 7 heteroatoms. The minimum Gasteiger partial charge on any atom is -0.456 e. The van der Waals surface area contributed by atoms with Gasteiger partial charge in [-0.1, -0.05) is 6.92 Å². The Morgan fingerprint density at radius 1 is 1.37 bits per heavy atom. The first-order valence-corrected chi connectivity index (χ1v) is 6.04. The molecule has 0 fully saturated rings. The van der Waals surface area contributed by atoms with E-state index in [1.807, 2.05) is 0 Å². The van der Waals surface area contributed by atoms with Gasteiger partial charge in [0.25, 0.3) is 5.69 Å². The van der Waals surface area contributed by atoms with Gasteiger partial charge in [-0.05, 0) is 12.1 Å². The molecule has 1 rings (SSSR count). The number of benzene rings is 1. The summed E-state index contributed by atoms with van der Waals surface area (Å²) in [6, 6.07) is 5.45. The first kappa shape index (κ1) is 15.0. The fraction of sp³-hybridized carbons (Fsp3) is 0.333. The molecule has 0 N–H and O–H groups in total. The number of hydrogen-bond acceptors (Lipinski definition) is 6. The zero-order valence-corrected chi connectivity index (χ0v) is 11.1. The lowest BCUT2D eigenvalue weighted by Crippen LogP contribution is -2.13. The SMILES string of the molecule is CCC(=O)CCOC(=S)Oc1ccc([N+](=O)[O-])cc1. The lowest BCUT2D eigenvalue weighted by molar-refractivity contribution is -0.384. The molecule has 0 unspecified atom stereocenters. The number of hydrogen-bond donors (Lipinski definition) is 0. The second kappa shape index (κ2) is 7.42. The van der Waals surface area contributed by atoms with Crippen LogP contribution in [0.2, 0.25) is 0 Å². The first-order chi connectivity index (χ1) is 9.02. The van der Waals surface area contributed by atoms with Gasteiger partial charge in [-0.2, -0.15) is 0 Å². The molecule has 0 amide bonds. The second-order valence-corrected chi connectivity index (χ2v) is 3.93. The van der Waals surface area contributed by atoms with Gasteiger partial charge in [0.15, 0.2) is 0 Å². The summed E-state index contributed by atoms with van der Waals surface area (Å²) in [5.74, 6) is 0.426. The number of nitro groups is 1. The van der Waals surface area contributed by atoms with E-state index >= 15 is 0 Å². The van der Waals surface area contributed by atoms with E-state index in [2.05, 4.69) is 0 Å². The first-order valence-electron chi connectivity index (χ1n) is 5.63. The smallest absolute Gasteiger partial charge is 0.357 e. The molecule has 0 aliphatic carbocycles. The van der Waals surface area contributed by atoms with Crippen molar-refractivity contribution in [3.05, 3.63) is 34.4 Å². The quantitative estimate of drug-likeness (QED) is 0.453. The van der Waals surface area contributed by atoms with Gasteiger partial charge in [-0.3, -0.25) is 14.9 Å². The molecular weight excluding hydrogens is 270 g/mol. The van der Waals surface area contributed by atoms with Crippen LogP contribution in [0.1, 0.15) is 19.8 Å². The number of non-ortho nitro benzene ring substituents is 1. The molecule has 0 radical (unpaired) electrons. The average molecular weight is 283 g/mol. The zero-order valence-electron chi connectivity index (χ0n) is 10.3. The Hall–Kier alpha value is -2.02. The molecule has 0 spiro atoms. The van der Waals surface area contributed by atoms with Crippen molar-refractivity contribution in [3.8, 4) is 5.75 Å². The van der Waals surface area contributed by atoms with Gasteiger partial charge in [-0.15, -0.1) is 0 Å². The highest BCUT2D eigenvalue weighted by atomic mass is 32.1. The largest absolute Gasteiger partial charge is 0.456 e. The molecule has 0 atom stereocenters. The Morgan fingerprint density at radius 3 is 2.53 bits per heavy atom. The molecule has 0 saturated heterocycles. The molecule has 1 aromatic rings. The van der Waals surface area contributed by atoms with Crippen LogP contribution in [0.15, 0.2) is 24.3 Å². The summed E-state index contributed by atoms with van der Waals surface area (Å²) < 4.78 is 10.2. The molecule has 19 heavy (non-hydrogen) atoms. The number of nitrogens with zero attached hydrogens (tertiary/aromatic N) is 1. The molecule has 0 saturated carbocycles. The Morgan fingerprint density at radius 2 is 2.00 bits per heavy atom. The molecule has 0 aromatic heterocycles. The fourth-order valence-electron chi connectivity index (χ4n) is 1.19. The summed E-state index contributed by atoms with van der Waals surface area (Å²) in [5.41, 5.74) is -0.0345. The standard InChI is InChI=1S/C12H13NO5S/c1-2-10(14)7-8-17-12(19)18-11-5-3-9(4-6-11)13(15)16/h3-6H,2,7-8H2,1H3. The van der Waals surface area contributed by atoms with Gasteiger partial charge >= 0.3 is 5.24 Å². The van der Waals surface area contributed by atoms with E-state index in [-0.39, 0.29) is 29.7 Å². The van der Waals surface area contributed by atoms with E-state index in [0.29, 0.717) is 12.2 Å². The predicted molar refractivity (Wildman–Crippen MR) is 72.2 cm³/mol. The predicted octanol–water partition coefficient (Wildman–Crippen LogP) is 2.64. The summed E-state index contributed by atoms with van der Waals surface area (Å²) in [4.78, 5) is 21.0. The molecule has 0 heterocycles. The third-order valence-electron chi connectivity index (χ3n) is 2.24. The third kappa shape index (κ3) is 5.43. The molecule has 1 aromatic carbocycles. The number of ether oxygens (including phenoxy) is 2. The van der Waals surface area contributed by atoms with Gasteiger partial charge < -0.3 is 9.47 Å². The van der Waals surface area contributed by atoms with Crippen LogP contribution in [0, 0.1) is 10.1 Å². The highest BCUT2D eigenvalue weighted by molar-refractivity contribution is 7.79. The van der Waals surface area contributed by atoms with Crippen molar-refractivity contribution in [1.29, 1.82) is 0 Å². The number of nitro benzene ring substituents is 1. The topological polar surface area (TPSA) is 78.7 Å². The van der Waals surface area contributed by atoms with Crippen LogP contribution in [0.5, 0.6) is 5.75 Å². The fourth-order valence-corrected chi connectivity index (χ4v) is 1.37. The number of carbonyl (C=O) groups excluding carboxylic acids is 1. The molecule has 0 bridgehead atoms. The number of carbonyl (C=O) groups is 1. The van der Waals surface area contributed by atoms with Crippen molar-refractivity contribution >= 4 is 28.9 Å². The summed E-state index contributed by atoms with van der Waals surface area (Å²) >= 11 is 4.82. The van der Waals surface area contributed by atoms with E-state index < -0.39 is 4.92 Å². The van der Waals surface area contributed by atoms with Crippen LogP contribution in [-0.4, -0.2) is 22.6 Å². The van der Waals surface area contributed by atoms with Gasteiger partial charge in [0.1, 0.15) is 11.5 Å². The Labute approximate surface area is 115 Å². The van der Waals surface area contributed by atoms with Crippen molar-refractivity contribution in [2.24, 2.45) is 0 Å². The zero-order chi connectivity index (χ0) is 14.3. The molecule has 102 valence electrons. The van der Waals surface area contributed by atoms with Crippen LogP contribution >= 0.6 is 12.2 Å². The minimum atomic E-state index is -0.505. The number of rotatable bonds is 6. The summed E-state index contributed by atoms with van der Waals surface area (Å²) in [5, 5.41) is 10.3. The van der Waals surface area contributed by atoms with Crippen molar-refractivity contribution in [1.82, 2.24) is 0 Å². The van der Waals surface area contributed by atoms with Crippen molar-refractivity contribution < 1.29 is 19.2 Å². The molecule has 0 aliphatic rings. The highest BCUT2D eigenvalue weighted by Gasteiger charge is 2.07. The van der Waals surface area contributed by atoms with E-state index in [0.717, 1.165) is 0 Å². The number of thiocarbonyl (C=S) groups is 1. The summed E-state index contributed by atoms with van der Waals surface area (Å²) in [7, 11) is 0. The van der Waals surface area contributed by atoms with Crippen molar-refractivity contribution in [3.63, 3.8) is 0 Å². The Kier molecular flexibility index (Phi) is 5.87. The lowest BCUT2D eigenvalue weighted by Gasteiger charge is -2.07. The third-order valence-corrected chi connectivity index (χ3v) is 2.45. The maximum atomic E-state index is 11.0. The average Bonchev–Trinajstić information content (AvgIpc) is 2.39. The maximum Gasteiger partial charge on any atom is 0.357 e.